The summed E-state index contributed by atoms with van der Waals surface area (Å²) in [5.41, 5.74) is 0.910. The van der Waals surface area contributed by atoms with Crippen LogP contribution >= 0.6 is 0 Å². The molecule has 0 amide bonds. The van der Waals surface area contributed by atoms with Crippen molar-refractivity contribution in [2.24, 2.45) is 0 Å². The van der Waals surface area contributed by atoms with Crippen LogP contribution in [0.25, 0.3) is 0 Å². The van der Waals surface area contributed by atoms with Gasteiger partial charge in [0.25, 0.3) is 0 Å². The minimum Gasteiger partial charge on any atom is -0.481 e. The van der Waals surface area contributed by atoms with Crippen LogP contribution < -0.4 is 10.1 Å². The Labute approximate surface area is 93.5 Å². The lowest BCUT2D eigenvalue weighted by atomic mass is 10.4. The Morgan fingerprint density at radius 1 is 1.19 bits per heavy atom. The third kappa shape index (κ3) is 2.66. The van der Waals surface area contributed by atoms with Crippen molar-refractivity contribution in [2.45, 2.75) is 6.54 Å². The van der Waals surface area contributed by atoms with Gasteiger partial charge in [-0.2, -0.15) is 0 Å². The van der Waals surface area contributed by atoms with Crippen molar-refractivity contribution < 1.29 is 4.74 Å². The molecule has 0 spiro atoms. The SMILES string of the molecule is COc1ccc(NCc2ncccn2)cn1. The summed E-state index contributed by atoms with van der Waals surface area (Å²) >= 11 is 0. The van der Waals surface area contributed by atoms with E-state index in [-0.39, 0.29) is 0 Å². The largest absolute Gasteiger partial charge is 0.481 e. The molecule has 2 heterocycles. The van der Waals surface area contributed by atoms with Crippen molar-refractivity contribution in [1.82, 2.24) is 15.0 Å². The maximum Gasteiger partial charge on any atom is 0.213 e. The molecule has 16 heavy (non-hydrogen) atoms. The fraction of sp³-hybridized carbons (Fsp3) is 0.182. The Bertz CT molecular complexity index is 429. The summed E-state index contributed by atoms with van der Waals surface area (Å²) in [4.78, 5) is 12.3. The van der Waals surface area contributed by atoms with E-state index in [0.29, 0.717) is 12.4 Å². The first kappa shape index (κ1) is 10.4. The molecule has 0 aliphatic heterocycles. The Morgan fingerprint density at radius 3 is 2.62 bits per heavy atom. The van der Waals surface area contributed by atoms with E-state index >= 15 is 0 Å². The van der Waals surface area contributed by atoms with Crippen LogP contribution in [0, 0.1) is 0 Å². The fourth-order valence-corrected chi connectivity index (χ4v) is 1.21. The van der Waals surface area contributed by atoms with Crippen LogP contribution in [-0.4, -0.2) is 22.1 Å². The van der Waals surface area contributed by atoms with E-state index in [1.807, 2.05) is 6.07 Å². The summed E-state index contributed by atoms with van der Waals surface area (Å²) in [6.07, 6.45) is 5.15. The topological polar surface area (TPSA) is 59.9 Å². The molecule has 0 bridgehead atoms. The quantitative estimate of drug-likeness (QED) is 0.839. The number of hydrogen-bond donors (Lipinski definition) is 1. The molecule has 0 aromatic carbocycles. The Kier molecular flexibility index (Phi) is 3.28. The zero-order valence-corrected chi connectivity index (χ0v) is 8.92. The predicted octanol–water partition coefficient (Wildman–Crippen LogP) is 1.49. The molecule has 0 saturated carbocycles. The van der Waals surface area contributed by atoms with Crippen molar-refractivity contribution in [3.63, 3.8) is 0 Å². The number of nitrogens with zero attached hydrogens (tertiary/aromatic N) is 3. The molecule has 2 rings (SSSR count). The number of nitrogens with one attached hydrogen (secondary N) is 1. The van der Waals surface area contributed by atoms with Gasteiger partial charge in [-0.1, -0.05) is 0 Å². The van der Waals surface area contributed by atoms with Crippen LogP contribution in [0.15, 0.2) is 36.8 Å². The molecule has 0 saturated heterocycles. The molecule has 0 aliphatic carbocycles. The maximum absolute atomic E-state index is 4.97. The van der Waals surface area contributed by atoms with Crippen LogP contribution in [-0.2, 0) is 6.54 Å². The average molecular weight is 216 g/mol. The van der Waals surface area contributed by atoms with E-state index in [0.717, 1.165) is 11.5 Å². The first-order chi connectivity index (χ1) is 7.88. The second-order valence-electron chi connectivity index (χ2n) is 3.11. The number of ether oxygens (including phenoxy) is 1. The van der Waals surface area contributed by atoms with Crippen LogP contribution in [0.3, 0.4) is 0 Å². The van der Waals surface area contributed by atoms with Crippen molar-refractivity contribution in [1.29, 1.82) is 0 Å². The highest BCUT2D eigenvalue weighted by Crippen LogP contribution is 2.11. The summed E-state index contributed by atoms with van der Waals surface area (Å²) < 4.78 is 4.97. The van der Waals surface area contributed by atoms with E-state index < -0.39 is 0 Å². The van der Waals surface area contributed by atoms with Crippen molar-refractivity contribution >= 4 is 5.69 Å². The van der Waals surface area contributed by atoms with Gasteiger partial charge >= 0.3 is 0 Å². The van der Waals surface area contributed by atoms with Gasteiger partial charge in [-0.3, -0.25) is 0 Å². The lowest BCUT2D eigenvalue weighted by molar-refractivity contribution is 0.398. The van der Waals surface area contributed by atoms with Crippen LogP contribution in [0.2, 0.25) is 0 Å². The molecular formula is C11H12N4O. The average Bonchev–Trinajstić information content (AvgIpc) is 2.38. The van der Waals surface area contributed by atoms with E-state index in [1.165, 1.54) is 0 Å². The van der Waals surface area contributed by atoms with Gasteiger partial charge in [0.1, 0.15) is 5.82 Å². The zero-order chi connectivity index (χ0) is 11.2. The third-order valence-electron chi connectivity index (χ3n) is 2.02. The van der Waals surface area contributed by atoms with Gasteiger partial charge in [0.05, 0.1) is 25.5 Å². The molecular weight excluding hydrogens is 204 g/mol. The van der Waals surface area contributed by atoms with Gasteiger partial charge in [0.15, 0.2) is 0 Å². The molecule has 0 unspecified atom stereocenters. The number of rotatable bonds is 4. The third-order valence-corrected chi connectivity index (χ3v) is 2.02. The molecule has 2 aromatic heterocycles. The van der Waals surface area contributed by atoms with E-state index in [9.17, 15) is 0 Å². The molecule has 0 atom stereocenters. The number of hydrogen-bond acceptors (Lipinski definition) is 5. The number of methoxy groups -OCH3 is 1. The number of pyridine rings is 1. The highest BCUT2D eigenvalue weighted by molar-refractivity contribution is 5.41. The molecule has 0 radical (unpaired) electrons. The summed E-state index contributed by atoms with van der Waals surface area (Å²) in [5.74, 6) is 1.35. The van der Waals surface area contributed by atoms with Gasteiger partial charge in [-0.15, -0.1) is 0 Å². The molecule has 0 aliphatic rings. The Hall–Kier alpha value is -2.17. The molecule has 0 fully saturated rings. The van der Waals surface area contributed by atoms with Crippen LogP contribution in [0.5, 0.6) is 5.88 Å². The molecule has 5 heteroatoms. The molecule has 1 N–H and O–H groups in total. The highest BCUT2D eigenvalue weighted by Gasteiger charge is 1.96. The summed E-state index contributed by atoms with van der Waals surface area (Å²) in [6, 6.07) is 5.49. The van der Waals surface area contributed by atoms with Crippen molar-refractivity contribution in [3.8, 4) is 5.88 Å². The highest BCUT2D eigenvalue weighted by atomic mass is 16.5. The minimum atomic E-state index is 0.578. The van der Waals surface area contributed by atoms with Gasteiger partial charge in [0.2, 0.25) is 5.88 Å². The first-order valence-corrected chi connectivity index (χ1v) is 4.88. The Balaban J connectivity index is 1.94. The zero-order valence-electron chi connectivity index (χ0n) is 8.92. The summed E-state index contributed by atoms with van der Waals surface area (Å²) in [5, 5.41) is 3.17. The lowest BCUT2D eigenvalue weighted by Crippen LogP contribution is -2.03. The predicted molar refractivity (Wildman–Crippen MR) is 60.1 cm³/mol. The maximum atomic E-state index is 4.97. The van der Waals surface area contributed by atoms with E-state index in [4.69, 9.17) is 4.74 Å². The van der Waals surface area contributed by atoms with Crippen LogP contribution in [0.1, 0.15) is 5.82 Å². The molecule has 82 valence electrons. The Morgan fingerprint density at radius 2 is 2.00 bits per heavy atom. The molecule has 2 aromatic rings. The van der Waals surface area contributed by atoms with Crippen molar-refractivity contribution in [2.75, 3.05) is 12.4 Å². The smallest absolute Gasteiger partial charge is 0.213 e. The first-order valence-electron chi connectivity index (χ1n) is 4.88. The van der Waals surface area contributed by atoms with Crippen molar-refractivity contribution in [3.05, 3.63) is 42.6 Å². The number of anilines is 1. The van der Waals surface area contributed by atoms with Crippen LogP contribution in [0.4, 0.5) is 5.69 Å². The normalized spacial score (nSPS) is 9.81. The lowest BCUT2D eigenvalue weighted by Gasteiger charge is -2.05. The fourth-order valence-electron chi connectivity index (χ4n) is 1.21. The van der Waals surface area contributed by atoms with E-state index in [2.05, 4.69) is 20.3 Å². The monoisotopic (exact) mass is 216 g/mol. The van der Waals surface area contributed by atoms with Gasteiger partial charge < -0.3 is 10.1 Å². The standard InChI is InChI=1S/C11H12N4O/c1-16-11-4-3-9(7-15-11)14-8-10-12-5-2-6-13-10/h2-7,14H,8H2,1H3. The second kappa shape index (κ2) is 5.06. The van der Waals surface area contributed by atoms with E-state index in [1.54, 1.807) is 37.8 Å². The van der Waals surface area contributed by atoms with Gasteiger partial charge in [-0.25, -0.2) is 15.0 Å². The second-order valence-corrected chi connectivity index (χ2v) is 3.11. The minimum absolute atomic E-state index is 0.578. The number of aromatic nitrogens is 3. The summed E-state index contributed by atoms with van der Waals surface area (Å²) in [7, 11) is 1.59. The van der Waals surface area contributed by atoms with Gasteiger partial charge in [-0.05, 0) is 12.1 Å². The van der Waals surface area contributed by atoms with Gasteiger partial charge in [0, 0.05) is 18.5 Å². The summed E-state index contributed by atoms with van der Waals surface area (Å²) in [6.45, 7) is 0.578. The molecule has 5 nitrogen and oxygen atoms in total.